The summed E-state index contributed by atoms with van der Waals surface area (Å²) in [5.74, 6) is 0.586. The van der Waals surface area contributed by atoms with Gasteiger partial charge in [-0.25, -0.2) is 4.79 Å². The fourth-order valence-corrected chi connectivity index (χ4v) is 3.20. The summed E-state index contributed by atoms with van der Waals surface area (Å²) in [6, 6.07) is 9.58. The molecule has 2 aromatic rings. The van der Waals surface area contributed by atoms with Crippen LogP contribution >= 0.6 is 23.2 Å². The Labute approximate surface area is 173 Å². The number of hydrogen-bond donors (Lipinski definition) is 2. The summed E-state index contributed by atoms with van der Waals surface area (Å²) in [7, 11) is 0. The van der Waals surface area contributed by atoms with E-state index in [1.54, 1.807) is 41.3 Å². The van der Waals surface area contributed by atoms with Gasteiger partial charge in [0.05, 0.1) is 21.1 Å². The third kappa shape index (κ3) is 4.18. The number of carbonyl (C=O) groups is 2. The third-order valence-electron chi connectivity index (χ3n) is 4.41. The molecule has 0 fully saturated rings. The van der Waals surface area contributed by atoms with Gasteiger partial charge in [-0.1, -0.05) is 23.2 Å². The smallest absolute Gasteiger partial charge is 0.323 e. The lowest BCUT2D eigenvalue weighted by molar-refractivity contribution is -0.127. The summed E-state index contributed by atoms with van der Waals surface area (Å²) in [5, 5.41) is 6.21. The SMILES string of the molecule is CCN1C(=O)C(C)(C)COc2ccc(NC(=O)Nc3ccc(Cl)c(Cl)c3)cc21. The van der Waals surface area contributed by atoms with Crippen molar-refractivity contribution >= 4 is 52.2 Å². The number of halogens is 2. The van der Waals surface area contributed by atoms with Gasteiger partial charge in [-0.05, 0) is 57.2 Å². The van der Waals surface area contributed by atoms with Crippen LogP contribution < -0.4 is 20.3 Å². The van der Waals surface area contributed by atoms with Crippen LogP contribution in [-0.2, 0) is 4.79 Å². The Morgan fingerprint density at radius 2 is 1.75 bits per heavy atom. The first-order chi connectivity index (χ1) is 13.2. The number of rotatable bonds is 3. The van der Waals surface area contributed by atoms with E-state index < -0.39 is 11.4 Å². The van der Waals surface area contributed by atoms with Gasteiger partial charge in [0.25, 0.3) is 0 Å². The highest BCUT2D eigenvalue weighted by molar-refractivity contribution is 6.42. The lowest BCUT2D eigenvalue weighted by Crippen LogP contribution is -2.42. The minimum Gasteiger partial charge on any atom is -0.490 e. The highest BCUT2D eigenvalue weighted by atomic mass is 35.5. The summed E-state index contributed by atoms with van der Waals surface area (Å²) >= 11 is 11.8. The van der Waals surface area contributed by atoms with Crippen LogP contribution in [0.15, 0.2) is 36.4 Å². The van der Waals surface area contributed by atoms with Crippen molar-refractivity contribution < 1.29 is 14.3 Å². The predicted octanol–water partition coefficient (Wildman–Crippen LogP) is 5.41. The molecule has 3 rings (SSSR count). The van der Waals surface area contributed by atoms with Crippen molar-refractivity contribution in [2.75, 3.05) is 28.7 Å². The quantitative estimate of drug-likeness (QED) is 0.695. The molecule has 0 atom stereocenters. The largest absolute Gasteiger partial charge is 0.490 e. The maximum Gasteiger partial charge on any atom is 0.323 e. The molecule has 6 nitrogen and oxygen atoms in total. The van der Waals surface area contributed by atoms with Crippen molar-refractivity contribution in [1.29, 1.82) is 0 Å². The van der Waals surface area contributed by atoms with E-state index in [0.717, 1.165) is 0 Å². The Hall–Kier alpha value is -2.44. The maximum atomic E-state index is 12.8. The minimum atomic E-state index is -0.631. The van der Waals surface area contributed by atoms with Crippen LogP contribution in [0.1, 0.15) is 20.8 Å². The number of hydrogen-bond acceptors (Lipinski definition) is 3. The normalized spacial score (nSPS) is 15.3. The van der Waals surface area contributed by atoms with Gasteiger partial charge in [0.15, 0.2) is 0 Å². The number of nitrogens with one attached hydrogen (secondary N) is 2. The first kappa shape index (κ1) is 20.3. The molecule has 0 bridgehead atoms. The van der Waals surface area contributed by atoms with E-state index in [-0.39, 0.29) is 5.91 Å². The topological polar surface area (TPSA) is 70.7 Å². The Morgan fingerprint density at radius 3 is 2.39 bits per heavy atom. The van der Waals surface area contributed by atoms with Crippen LogP contribution in [0.5, 0.6) is 5.75 Å². The van der Waals surface area contributed by atoms with Gasteiger partial charge in [-0.3, -0.25) is 4.79 Å². The van der Waals surface area contributed by atoms with Crippen molar-refractivity contribution in [2.45, 2.75) is 20.8 Å². The van der Waals surface area contributed by atoms with Crippen LogP contribution in [0.2, 0.25) is 10.0 Å². The van der Waals surface area contributed by atoms with Gasteiger partial charge in [0.1, 0.15) is 12.4 Å². The number of urea groups is 1. The van der Waals surface area contributed by atoms with Gasteiger partial charge < -0.3 is 20.3 Å². The molecule has 28 heavy (non-hydrogen) atoms. The number of fused-ring (bicyclic) bond motifs is 1. The zero-order valence-electron chi connectivity index (χ0n) is 15.8. The number of benzene rings is 2. The molecule has 2 N–H and O–H groups in total. The molecular weight excluding hydrogens is 401 g/mol. The minimum absolute atomic E-state index is 0.0221. The third-order valence-corrected chi connectivity index (χ3v) is 5.15. The molecule has 8 heteroatoms. The van der Waals surface area contributed by atoms with Crippen LogP contribution in [0.3, 0.4) is 0 Å². The van der Waals surface area contributed by atoms with E-state index in [0.29, 0.717) is 46.0 Å². The Kier molecular flexibility index (Phi) is 5.72. The highest BCUT2D eigenvalue weighted by Crippen LogP contribution is 2.38. The van der Waals surface area contributed by atoms with Gasteiger partial charge in [0.2, 0.25) is 5.91 Å². The maximum absolute atomic E-state index is 12.8. The van der Waals surface area contributed by atoms with E-state index in [9.17, 15) is 9.59 Å². The lowest BCUT2D eigenvalue weighted by atomic mass is 9.93. The van der Waals surface area contributed by atoms with Crippen molar-refractivity contribution in [2.24, 2.45) is 5.41 Å². The summed E-state index contributed by atoms with van der Waals surface area (Å²) in [4.78, 5) is 26.8. The Bertz CT molecular complexity index is 931. The van der Waals surface area contributed by atoms with Gasteiger partial charge in [0, 0.05) is 17.9 Å². The lowest BCUT2D eigenvalue weighted by Gasteiger charge is -2.27. The van der Waals surface area contributed by atoms with E-state index >= 15 is 0 Å². The molecule has 1 heterocycles. The molecule has 1 aliphatic heterocycles. The molecule has 0 aliphatic carbocycles. The molecule has 0 saturated carbocycles. The van der Waals surface area contributed by atoms with Crippen LogP contribution in [0.25, 0.3) is 0 Å². The molecule has 2 aromatic carbocycles. The monoisotopic (exact) mass is 421 g/mol. The first-order valence-electron chi connectivity index (χ1n) is 8.83. The number of carbonyl (C=O) groups excluding carboxylic acids is 2. The molecule has 0 radical (unpaired) electrons. The predicted molar refractivity (Wildman–Crippen MR) is 113 cm³/mol. The number of ether oxygens (including phenoxy) is 1. The average molecular weight is 422 g/mol. The number of anilines is 3. The first-order valence-corrected chi connectivity index (χ1v) is 9.59. The molecule has 3 amide bonds. The van der Waals surface area contributed by atoms with Crippen LogP contribution in [0.4, 0.5) is 21.9 Å². The fourth-order valence-electron chi connectivity index (χ4n) is 2.90. The zero-order valence-corrected chi connectivity index (χ0v) is 17.3. The Morgan fingerprint density at radius 1 is 1.11 bits per heavy atom. The van der Waals surface area contributed by atoms with E-state index in [1.807, 2.05) is 20.8 Å². The molecule has 0 aromatic heterocycles. The standard InChI is InChI=1S/C20H21Cl2N3O3/c1-4-25-16-10-13(6-8-17(16)28-11-20(2,3)18(25)26)24-19(27)23-12-5-7-14(21)15(22)9-12/h5-10H,4,11H2,1-3H3,(H2,23,24,27). The highest BCUT2D eigenvalue weighted by Gasteiger charge is 2.37. The van der Waals surface area contributed by atoms with Crippen molar-refractivity contribution in [3.63, 3.8) is 0 Å². The van der Waals surface area contributed by atoms with E-state index in [2.05, 4.69) is 10.6 Å². The fraction of sp³-hybridized carbons (Fsp3) is 0.300. The van der Waals surface area contributed by atoms with E-state index in [4.69, 9.17) is 27.9 Å². The summed E-state index contributed by atoms with van der Waals surface area (Å²) in [5.41, 5.74) is 1.04. The summed E-state index contributed by atoms with van der Waals surface area (Å²) in [6.45, 7) is 6.40. The molecule has 148 valence electrons. The van der Waals surface area contributed by atoms with Gasteiger partial charge in [-0.2, -0.15) is 0 Å². The second-order valence-corrected chi connectivity index (χ2v) is 7.93. The molecule has 0 spiro atoms. The zero-order chi connectivity index (χ0) is 20.5. The Balaban J connectivity index is 1.80. The van der Waals surface area contributed by atoms with Crippen molar-refractivity contribution in [1.82, 2.24) is 0 Å². The molecule has 1 aliphatic rings. The summed E-state index contributed by atoms with van der Waals surface area (Å²) in [6.07, 6.45) is 0. The van der Waals surface area contributed by atoms with Gasteiger partial charge >= 0.3 is 6.03 Å². The van der Waals surface area contributed by atoms with E-state index in [1.165, 1.54) is 0 Å². The second kappa shape index (κ2) is 7.89. The number of nitrogens with zero attached hydrogens (tertiary/aromatic N) is 1. The molecule has 0 unspecified atom stereocenters. The molecule has 0 saturated heterocycles. The molecular formula is C20H21Cl2N3O3. The van der Waals surface area contributed by atoms with Crippen molar-refractivity contribution in [3.05, 3.63) is 46.4 Å². The van der Waals surface area contributed by atoms with Crippen LogP contribution in [0, 0.1) is 5.41 Å². The number of amides is 3. The second-order valence-electron chi connectivity index (χ2n) is 7.11. The average Bonchev–Trinajstić information content (AvgIpc) is 2.73. The van der Waals surface area contributed by atoms with Gasteiger partial charge in [-0.15, -0.1) is 0 Å². The summed E-state index contributed by atoms with van der Waals surface area (Å²) < 4.78 is 5.83. The van der Waals surface area contributed by atoms with Crippen molar-refractivity contribution in [3.8, 4) is 5.75 Å². The van der Waals surface area contributed by atoms with Crippen LogP contribution in [-0.4, -0.2) is 25.1 Å².